The Morgan fingerprint density at radius 2 is 1.05 bits per heavy atom. The number of aromatic hydroxyl groups is 1. The first-order chi connectivity index (χ1) is 19.6. The number of ether oxygens (including phenoxy) is 3. The predicted octanol–water partition coefficient (Wildman–Crippen LogP) is 9.58. The third kappa shape index (κ3) is 14.5. The minimum Gasteiger partial charge on any atom is -0.504 e. The summed E-state index contributed by atoms with van der Waals surface area (Å²) in [5, 5.41) is 19.4. The molecule has 0 aromatic heterocycles. The summed E-state index contributed by atoms with van der Waals surface area (Å²) in [4.78, 5) is 11.7. The molecule has 40 heavy (non-hydrogen) atoms. The number of benzene rings is 2. The molecule has 2 rings (SSSR count). The van der Waals surface area contributed by atoms with Gasteiger partial charge in [0.1, 0.15) is 5.56 Å². The fourth-order valence-electron chi connectivity index (χ4n) is 4.77. The Balaban J connectivity index is 1.55. The van der Waals surface area contributed by atoms with Gasteiger partial charge in [-0.15, -0.1) is 0 Å². The van der Waals surface area contributed by atoms with E-state index in [-0.39, 0.29) is 23.7 Å². The quantitative estimate of drug-likeness (QED) is 0.118. The standard InChI is InChI=1S/C34H52O6/c1-2-3-4-5-6-7-8-9-10-11-12-13-14-15-16-19-26-39-32-25-20-22-29(34(36)37)33(32)40-28-21-27-38-31-24-18-17-23-30(31)35/h17-18,20,22-25,35H,2-16,19,21,26-28H2,1H3,(H,36,37). The maximum absolute atomic E-state index is 11.7. The van der Waals surface area contributed by atoms with Gasteiger partial charge in [-0.1, -0.05) is 121 Å². The van der Waals surface area contributed by atoms with E-state index in [0.717, 1.165) is 12.8 Å². The summed E-state index contributed by atoms with van der Waals surface area (Å²) >= 11 is 0. The number of carbonyl (C=O) groups is 1. The summed E-state index contributed by atoms with van der Waals surface area (Å²) in [6.45, 7) is 3.41. The van der Waals surface area contributed by atoms with Gasteiger partial charge in [-0.25, -0.2) is 4.79 Å². The van der Waals surface area contributed by atoms with Gasteiger partial charge >= 0.3 is 5.97 Å². The van der Waals surface area contributed by atoms with Gasteiger partial charge in [-0.05, 0) is 30.7 Å². The molecule has 0 saturated heterocycles. The topological polar surface area (TPSA) is 85.2 Å². The van der Waals surface area contributed by atoms with E-state index < -0.39 is 5.97 Å². The van der Waals surface area contributed by atoms with Crippen LogP contribution in [0.25, 0.3) is 0 Å². The minimum absolute atomic E-state index is 0.0874. The largest absolute Gasteiger partial charge is 0.504 e. The Labute approximate surface area is 242 Å². The normalized spacial score (nSPS) is 10.9. The van der Waals surface area contributed by atoms with E-state index in [4.69, 9.17) is 14.2 Å². The van der Waals surface area contributed by atoms with E-state index in [2.05, 4.69) is 6.92 Å². The fourth-order valence-corrected chi connectivity index (χ4v) is 4.77. The molecule has 0 aliphatic carbocycles. The van der Waals surface area contributed by atoms with Crippen LogP contribution in [0, 0.1) is 0 Å². The van der Waals surface area contributed by atoms with Crippen LogP contribution in [0.2, 0.25) is 0 Å². The Hall–Kier alpha value is -2.89. The van der Waals surface area contributed by atoms with E-state index in [0.29, 0.717) is 31.1 Å². The summed E-state index contributed by atoms with van der Waals surface area (Å²) in [6, 6.07) is 11.7. The number of rotatable bonds is 25. The Morgan fingerprint density at radius 1 is 0.575 bits per heavy atom. The number of phenolic OH excluding ortho intramolecular Hbond substituents is 1. The van der Waals surface area contributed by atoms with E-state index in [1.807, 2.05) is 0 Å². The highest BCUT2D eigenvalue weighted by Gasteiger charge is 2.17. The van der Waals surface area contributed by atoms with Crippen LogP contribution in [-0.4, -0.2) is 36.0 Å². The molecular formula is C34H52O6. The highest BCUT2D eigenvalue weighted by molar-refractivity contribution is 5.92. The zero-order valence-electron chi connectivity index (χ0n) is 24.7. The lowest BCUT2D eigenvalue weighted by atomic mass is 10.0. The van der Waals surface area contributed by atoms with Crippen LogP contribution in [0.3, 0.4) is 0 Å². The van der Waals surface area contributed by atoms with E-state index in [9.17, 15) is 15.0 Å². The third-order valence-electron chi connectivity index (χ3n) is 7.12. The summed E-state index contributed by atoms with van der Waals surface area (Å²) in [5.41, 5.74) is 0.0890. The van der Waals surface area contributed by atoms with Gasteiger partial charge < -0.3 is 24.4 Å². The average Bonchev–Trinajstić information content (AvgIpc) is 2.95. The summed E-state index contributed by atoms with van der Waals surface area (Å²) < 4.78 is 17.3. The molecule has 0 aliphatic heterocycles. The van der Waals surface area contributed by atoms with E-state index in [1.54, 1.807) is 36.4 Å². The summed E-state index contributed by atoms with van der Waals surface area (Å²) in [7, 11) is 0. The highest BCUT2D eigenvalue weighted by Crippen LogP contribution is 2.32. The molecule has 0 heterocycles. The van der Waals surface area contributed by atoms with E-state index in [1.165, 1.54) is 96.0 Å². The molecule has 0 aliphatic rings. The van der Waals surface area contributed by atoms with Gasteiger partial charge in [-0.2, -0.15) is 0 Å². The fraction of sp³-hybridized carbons (Fsp3) is 0.618. The second-order valence-corrected chi connectivity index (χ2v) is 10.6. The minimum atomic E-state index is -1.05. The number of para-hydroxylation sites is 3. The molecule has 0 amide bonds. The molecule has 0 radical (unpaired) electrons. The van der Waals surface area contributed by atoms with Gasteiger partial charge in [-0.3, -0.25) is 0 Å². The molecular weight excluding hydrogens is 504 g/mol. The van der Waals surface area contributed by atoms with Crippen LogP contribution in [0.1, 0.15) is 126 Å². The molecule has 0 spiro atoms. The van der Waals surface area contributed by atoms with Crippen LogP contribution < -0.4 is 14.2 Å². The zero-order valence-corrected chi connectivity index (χ0v) is 24.7. The maximum Gasteiger partial charge on any atom is 0.339 e. The van der Waals surface area contributed by atoms with Crippen LogP contribution in [0.15, 0.2) is 42.5 Å². The monoisotopic (exact) mass is 556 g/mol. The highest BCUT2D eigenvalue weighted by atomic mass is 16.5. The average molecular weight is 557 g/mol. The molecule has 0 atom stereocenters. The number of phenols is 1. The molecule has 2 aromatic carbocycles. The maximum atomic E-state index is 11.7. The summed E-state index contributed by atoms with van der Waals surface area (Å²) in [6.07, 6.45) is 21.6. The number of hydrogen-bond donors (Lipinski definition) is 2. The van der Waals surface area contributed by atoms with Crippen molar-refractivity contribution in [3.63, 3.8) is 0 Å². The smallest absolute Gasteiger partial charge is 0.339 e. The first-order valence-corrected chi connectivity index (χ1v) is 15.7. The van der Waals surface area contributed by atoms with Crippen molar-refractivity contribution in [2.45, 2.75) is 116 Å². The lowest BCUT2D eigenvalue weighted by Gasteiger charge is -2.15. The second kappa shape index (κ2) is 21.9. The van der Waals surface area contributed by atoms with Crippen molar-refractivity contribution < 1.29 is 29.2 Å². The van der Waals surface area contributed by atoms with Gasteiger partial charge in [0.15, 0.2) is 23.0 Å². The van der Waals surface area contributed by atoms with Crippen molar-refractivity contribution in [3.05, 3.63) is 48.0 Å². The van der Waals surface area contributed by atoms with Crippen molar-refractivity contribution in [1.82, 2.24) is 0 Å². The molecule has 2 N–H and O–H groups in total. The number of aromatic carboxylic acids is 1. The van der Waals surface area contributed by atoms with Crippen molar-refractivity contribution in [2.75, 3.05) is 19.8 Å². The predicted molar refractivity (Wildman–Crippen MR) is 162 cm³/mol. The first-order valence-electron chi connectivity index (χ1n) is 15.7. The lowest BCUT2D eigenvalue weighted by Crippen LogP contribution is -2.10. The van der Waals surface area contributed by atoms with Gasteiger partial charge in [0.05, 0.1) is 19.8 Å². The van der Waals surface area contributed by atoms with Crippen LogP contribution in [0.4, 0.5) is 0 Å². The summed E-state index contributed by atoms with van der Waals surface area (Å²) in [5.74, 6) is 0.172. The molecule has 6 nitrogen and oxygen atoms in total. The van der Waals surface area contributed by atoms with Gasteiger partial charge in [0.2, 0.25) is 0 Å². The van der Waals surface area contributed by atoms with Crippen LogP contribution in [-0.2, 0) is 0 Å². The zero-order chi connectivity index (χ0) is 28.7. The number of carboxylic acids is 1. The molecule has 2 aromatic rings. The number of carboxylic acid groups (broad SMARTS) is 1. The molecule has 0 bridgehead atoms. The van der Waals surface area contributed by atoms with Crippen molar-refractivity contribution in [2.24, 2.45) is 0 Å². The molecule has 6 heteroatoms. The SMILES string of the molecule is CCCCCCCCCCCCCCCCCCOc1cccc(C(=O)O)c1OCCCOc1ccccc1O. The molecule has 0 fully saturated rings. The molecule has 0 saturated carbocycles. The van der Waals surface area contributed by atoms with Crippen molar-refractivity contribution in [1.29, 1.82) is 0 Å². The Bertz CT molecular complexity index is 928. The van der Waals surface area contributed by atoms with Crippen LogP contribution in [0.5, 0.6) is 23.0 Å². The first kappa shape index (κ1) is 33.3. The lowest BCUT2D eigenvalue weighted by molar-refractivity contribution is 0.0690. The second-order valence-electron chi connectivity index (χ2n) is 10.6. The molecule has 0 unspecified atom stereocenters. The van der Waals surface area contributed by atoms with E-state index >= 15 is 0 Å². The number of unbranched alkanes of at least 4 members (excludes halogenated alkanes) is 15. The van der Waals surface area contributed by atoms with Gasteiger partial charge in [0, 0.05) is 6.42 Å². The Kier molecular flexibility index (Phi) is 18.2. The Morgan fingerprint density at radius 3 is 1.62 bits per heavy atom. The van der Waals surface area contributed by atoms with Gasteiger partial charge in [0.25, 0.3) is 0 Å². The number of hydrogen-bond acceptors (Lipinski definition) is 5. The molecule has 224 valence electrons. The van der Waals surface area contributed by atoms with Crippen LogP contribution >= 0.6 is 0 Å². The third-order valence-corrected chi connectivity index (χ3v) is 7.12. The van der Waals surface area contributed by atoms with Crippen molar-refractivity contribution >= 4 is 5.97 Å². The van der Waals surface area contributed by atoms with Crippen molar-refractivity contribution in [3.8, 4) is 23.0 Å².